The Morgan fingerprint density at radius 2 is 1.71 bits per heavy atom. The monoisotopic (exact) mass is 636 g/mol. The van der Waals surface area contributed by atoms with Crippen LogP contribution in [0, 0.1) is 0 Å². The third-order valence-corrected chi connectivity index (χ3v) is 9.92. The first-order valence-corrected chi connectivity index (χ1v) is 16.1. The van der Waals surface area contributed by atoms with E-state index in [0.29, 0.717) is 45.9 Å². The molecule has 4 aromatic carbocycles. The van der Waals surface area contributed by atoms with Crippen LogP contribution >= 0.6 is 23.1 Å². The number of thioether (sulfide) groups is 1. The lowest BCUT2D eigenvalue weighted by atomic mass is 9.95. The van der Waals surface area contributed by atoms with Crippen LogP contribution in [0.25, 0.3) is 16.5 Å². The van der Waals surface area contributed by atoms with Gasteiger partial charge in [0.15, 0.2) is 15.8 Å². The maximum Gasteiger partial charge on any atom is 0.301 e. The molecule has 1 N–H and O–H groups in total. The minimum absolute atomic E-state index is 0.0329. The van der Waals surface area contributed by atoms with Gasteiger partial charge in [-0.3, -0.25) is 14.5 Å². The van der Waals surface area contributed by atoms with Gasteiger partial charge in [0.1, 0.15) is 19.0 Å². The Morgan fingerprint density at radius 3 is 2.51 bits per heavy atom. The number of Topliss-reactive ketones (excluding diaryl/α,β-unsaturated/α-hetero) is 1. The van der Waals surface area contributed by atoms with Gasteiger partial charge in [0.05, 0.1) is 11.6 Å². The van der Waals surface area contributed by atoms with Crippen LogP contribution in [-0.4, -0.2) is 54.3 Å². The van der Waals surface area contributed by atoms with E-state index < -0.39 is 17.7 Å². The smallest absolute Gasteiger partial charge is 0.301 e. The number of aliphatic hydroxyl groups is 1. The lowest BCUT2D eigenvalue weighted by Gasteiger charge is -2.23. The number of nitrogens with zero attached hydrogens (tertiary/aromatic N) is 4. The van der Waals surface area contributed by atoms with Gasteiger partial charge in [-0.05, 0) is 52.2 Å². The largest absolute Gasteiger partial charge is 0.507 e. The molecule has 1 fully saturated rings. The molecule has 3 heterocycles. The number of benzene rings is 4. The highest BCUT2D eigenvalue weighted by Crippen LogP contribution is 2.45. The van der Waals surface area contributed by atoms with Crippen molar-refractivity contribution in [3.05, 3.63) is 107 Å². The van der Waals surface area contributed by atoms with Crippen molar-refractivity contribution in [2.45, 2.75) is 16.1 Å². The van der Waals surface area contributed by atoms with Gasteiger partial charge in [-0.15, -0.1) is 10.2 Å². The molecular formula is C34H28N4O5S2. The summed E-state index contributed by atoms with van der Waals surface area (Å²) in [6.45, 7) is 0.800. The summed E-state index contributed by atoms with van der Waals surface area (Å²) in [5.74, 6) is -0.208. The number of ether oxygens (including phenoxy) is 2. The number of hydrogen-bond donors (Lipinski definition) is 1. The van der Waals surface area contributed by atoms with E-state index >= 15 is 0 Å². The molecule has 0 saturated carbocycles. The summed E-state index contributed by atoms with van der Waals surface area (Å²) in [5, 5.41) is 22.9. The Labute approximate surface area is 267 Å². The lowest BCUT2D eigenvalue weighted by Crippen LogP contribution is -2.29. The molecule has 0 spiro atoms. The summed E-state index contributed by atoms with van der Waals surface area (Å²) in [5.41, 5.74) is 3.07. The van der Waals surface area contributed by atoms with Crippen molar-refractivity contribution in [3.63, 3.8) is 0 Å². The van der Waals surface area contributed by atoms with Gasteiger partial charge in [0, 0.05) is 31.1 Å². The number of hydrogen-bond acceptors (Lipinski definition) is 10. The Balaban J connectivity index is 1.26. The Hall–Kier alpha value is -4.87. The van der Waals surface area contributed by atoms with Gasteiger partial charge < -0.3 is 19.5 Å². The molecule has 1 saturated heterocycles. The second-order valence-electron chi connectivity index (χ2n) is 10.8. The van der Waals surface area contributed by atoms with Gasteiger partial charge in [0.25, 0.3) is 5.78 Å². The maximum absolute atomic E-state index is 13.7. The fourth-order valence-corrected chi connectivity index (χ4v) is 7.43. The van der Waals surface area contributed by atoms with Crippen molar-refractivity contribution >= 4 is 62.1 Å². The van der Waals surface area contributed by atoms with E-state index in [-0.39, 0.29) is 16.5 Å². The number of ketones is 1. The molecule has 1 atom stereocenters. The highest BCUT2D eigenvalue weighted by atomic mass is 32.2. The van der Waals surface area contributed by atoms with Crippen molar-refractivity contribution in [2.75, 3.05) is 37.1 Å². The second kappa shape index (κ2) is 11.9. The summed E-state index contributed by atoms with van der Waals surface area (Å²) in [7, 11) is 3.86. The van der Waals surface area contributed by atoms with Crippen LogP contribution in [0.4, 0.5) is 10.8 Å². The summed E-state index contributed by atoms with van der Waals surface area (Å²) < 4.78 is 12.0. The Bertz CT molecular complexity index is 1970. The van der Waals surface area contributed by atoms with Crippen molar-refractivity contribution < 1.29 is 24.2 Å². The van der Waals surface area contributed by atoms with E-state index in [9.17, 15) is 14.7 Å². The molecule has 1 unspecified atom stereocenters. The van der Waals surface area contributed by atoms with Crippen molar-refractivity contribution in [3.8, 4) is 11.5 Å². The Kier molecular flexibility index (Phi) is 7.64. The molecule has 0 bridgehead atoms. The zero-order valence-electron chi connectivity index (χ0n) is 24.5. The van der Waals surface area contributed by atoms with Crippen LogP contribution in [0.15, 0.2) is 94.8 Å². The predicted molar refractivity (Wildman–Crippen MR) is 176 cm³/mol. The van der Waals surface area contributed by atoms with Crippen LogP contribution in [0.2, 0.25) is 0 Å². The van der Waals surface area contributed by atoms with E-state index in [1.165, 1.54) is 33.4 Å². The van der Waals surface area contributed by atoms with Crippen LogP contribution in [0.5, 0.6) is 11.5 Å². The van der Waals surface area contributed by atoms with Crippen LogP contribution in [0.3, 0.4) is 0 Å². The molecule has 7 rings (SSSR count). The second-order valence-corrected chi connectivity index (χ2v) is 13.0. The zero-order valence-corrected chi connectivity index (χ0v) is 26.1. The molecule has 1 aromatic heterocycles. The SMILES string of the molecule is CN(C)c1ccc(C2C(=C(O)c3ccc4c(c3)OCCO4)C(=O)C(=O)N2c2nnc(SCc3cccc4ccccc34)s2)cc1. The standard InChI is InChI=1S/C34H28N4O5S2/c1-37(2)24-13-10-21(11-14-24)29-28(30(39)22-12-15-26-27(18-22)43-17-16-42-26)31(40)32(41)38(29)33-35-36-34(45-33)44-19-23-8-5-7-20-6-3-4-9-25(20)23/h3-15,18,29,39H,16-17,19H2,1-2H3. The summed E-state index contributed by atoms with van der Waals surface area (Å²) in [4.78, 5) is 30.7. The molecule has 2 aliphatic rings. The predicted octanol–water partition coefficient (Wildman–Crippen LogP) is 6.45. The molecule has 226 valence electrons. The Morgan fingerprint density at radius 1 is 0.956 bits per heavy atom. The number of aromatic nitrogens is 2. The fourth-order valence-electron chi connectivity index (χ4n) is 5.56. The molecule has 11 heteroatoms. The number of fused-ring (bicyclic) bond motifs is 2. The van der Waals surface area contributed by atoms with Crippen molar-refractivity contribution in [2.24, 2.45) is 0 Å². The minimum atomic E-state index is -0.918. The van der Waals surface area contributed by atoms with Gasteiger partial charge in [-0.25, -0.2) is 0 Å². The molecule has 5 aromatic rings. The summed E-state index contributed by atoms with van der Waals surface area (Å²) in [6, 6.07) is 26.0. The quantitative estimate of drug-likeness (QED) is 0.0710. The van der Waals surface area contributed by atoms with E-state index in [1.807, 2.05) is 61.5 Å². The lowest BCUT2D eigenvalue weighted by molar-refractivity contribution is -0.132. The number of carbonyl (C=O) groups is 2. The van der Waals surface area contributed by atoms with Crippen molar-refractivity contribution in [1.29, 1.82) is 0 Å². The number of rotatable bonds is 7. The number of aliphatic hydroxyl groups excluding tert-OH is 1. The van der Waals surface area contributed by atoms with Crippen LogP contribution in [0.1, 0.15) is 22.7 Å². The topological polar surface area (TPSA) is 105 Å². The van der Waals surface area contributed by atoms with E-state index in [0.717, 1.165) is 16.6 Å². The fraction of sp³-hybridized carbons (Fsp3) is 0.176. The molecular weight excluding hydrogens is 609 g/mol. The number of amides is 1. The highest BCUT2D eigenvalue weighted by Gasteiger charge is 2.48. The first-order chi connectivity index (χ1) is 21.9. The van der Waals surface area contributed by atoms with Gasteiger partial charge >= 0.3 is 5.91 Å². The van der Waals surface area contributed by atoms with E-state index in [4.69, 9.17) is 9.47 Å². The molecule has 9 nitrogen and oxygen atoms in total. The first-order valence-electron chi connectivity index (χ1n) is 14.3. The van der Waals surface area contributed by atoms with Crippen LogP contribution < -0.4 is 19.3 Å². The molecule has 45 heavy (non-hydrogen) atoms. The molecule has 2 aliphatic heterocycles. The average Bonchev–Trinajstić information content (AvgIpc) is 3.64. The molecule has 0 radical (unpaired) electrons. The molecule has 1 amide bonds. The minimum Gasteiger partial charge on any atom is -0.507 e. The first kappa shape index (κ1) is 28.9. The van der Waals surface area contributed by atoms with Crippen molar-refractivity contribution in [1.82, 2.24) is 10.2 Å². The average molecular weight is 637 g/mol. The maximum atomic E-state index is 13.7. The van der Waals surface area contributed by atoms with Gasteiger partial charge in [-0.2, -0.15) is 0 Å². The highest BCUT2D eigenvalue weighted by molar-refractivity contribution is 8.00. The normalized spacial score (nSPS) is 17.2. The zero-order chi connectivity index (χ0) is 31.1. The third-order valence-electron chi connectivity index (χ3n) is 7.82. The number of anilines is 2. The summed E-state index contributed by atoms with van der Waals surface area (Å²) in [6.07, 6.45) is 0. The molecule has 0 aliphatic carbocycles. The van der Waals surface area contributed by atoms with Crippen LogP contribution in [-0.2, 0) is 15.3 Å². The van der Waals surface area contributed by atoms with Gasteiger partial charge in [-0.1, -0.05) is 77.7 Å². The van der Waals surface area contributed by atoms with E-state index in [2.05, 4.69) is 34.5 Å². The third kappa shape index (κ3) is 5.38. The van der Waals surface area contributed by atoms with Gasteiger partial charge in [0.2, 0.25) is 5.13 Å². The number of carbonyl (C=O) groups excluding carboxylic acids is 2. The van der Waals surface area contributed by atoms with E-state index in [1.54, 1.807) is 18.2 Å². The summed E-state index contributed by atoms with van der Waals surface area (Å²) >= 11 is 2.76.